The molecular formula is C16H16N4O8. The van der Waals surface area contributed by atoms with Crippen LogP contribution in [0.3, 0.4) is 0 Å². The lowest BCUT2D eigenvalue weighted by molar-refractivity contribution is -0.139. The van der Waals surface area contributed by atoms with Gasteiger partial charge in [-0.15, -0.1) is 0 Å². The quantitative estimate of drug-likeness (QED) is 0.436. The number of ether oxygens (including phenoxy) is 2. The summed E-state index contributed by atoms with van der Waals surface area (Å²) < 4.78 is 11.0. The number of rotatable bonds is 6. The average molecular weight is 392 g/mol. The Balaban J connectivity index is 2.98. The molecule has 2 aromatic heterocycles. The second-order valence-corrected chi connectivity index (χ2v) is 5.10. The summed E-state index contributed by atoms with van der Waals surface area (Å²) in [5, 5.41) is 0. The third-order valence-corrected chi connectivity index (χ3v) is 3.29. The SMILES string of the molecule is CCOC(=O)/C(=C(/C(=O)OCC)n1ccc(=O)[nH]c1=O)n1ccc(=O)[nH]c1=O. The first-order valence-corrected chi connectivity index (χ1v) is 8.03. The predicted octanol–water partition coefficient (Wildman–Crippen LogP) is -1.66. The van der Waals surface area contributed by atoms with Gasteiger partial charge in [-0.2, -0.15) is 0 Å². The monoisotopic (exact) mass is 392 g/mol. The molecule has 12 heteroatoms. The van der Waals surface area contributed by atoms with Crippen molar-refractivity contribution in [2.75, 3.05) is 13.2 Å². The lowest BCUT2D eigenvalue weighted by atomic mass is 10.3. The highest BCUT2D eigenvalue weighted by molar-refractivity contribution is 6.30. The van der Waals surface area contributed by atoms with Gasteiger partial charge in [0.25, 0.3) is 11.1 Å². The molecule has 0 aliphatic rings. The fourth-order valence-electron chi connectivity index (χ4n) is 2.20. The van der Waals surface area contributed by atoms with Gasteiger partial charge in [-0.3, -0.25) is 28.7 Å². The highest BCUT2D eigenvalue weighted by Crippen LogP contribution is 2.16. The number of aromatic nitrogens is 4. The van der Waals surface area contributed by atoms with Crippen molar-refractivity contribution in [2.24, 2.45) is 0 Å². The first-order valence-electron chi connectivity index (χ1n) is 8.03. The molecule has 0 amide bonds. The molecule has 0 spiro atoms. The van der Waals surface area contributed by atoms with Gasteiger partial charge >= 0.3 is 23.3 Å². The minimum atomic E-state index is -1.14. The minimum Gasteiger partial charge on any atom is -0.461 e. The van der Waals surface area contributed by atoms with E-state index in [-0.39, 0.29) is 13.2 Å². The van der Waals surface area contributed by atoms with Gasteiger partial charge < -0.3 is 9.47 Å². The van der Waals surface area contributed by atoms with E-state index in [4.69, 9.17) is 9.47 Å². The molecule has 2 aromatic rings. The van der Waals surface area contributed by atoms with E-state index in [2.05, 4.69) is 0 Å². The van der Waals surface area contributed by atoms with Crippen molar-refractivity contribution < 1.29 is 19.1 Å². The highest BCUT2D eigenvalue weighted by Gasteiger charge is 2.28. The molecule has 0 aromatic carbocycles. The standard InChI is InChI=1S/C16H16N4O8/c1-3-27-13(23)11(19-7-5-9(21)17-15(19)25)12(14(24)28-4-2)20-8-6-10(22)18-16(20)26/h5-8H,3-4H2,1-2H3,(H,17,21,25)(H,18,22,26)/b12-11+. The van der Waals surface area contributed by atoms with E-state index in [0.717, 1.165) is 24.5 Å². The Hall–Kier alpha value is -3.96. The van der Waals surface area contributed by atoms with Gasteiger partial charge in [-0.25, -0.2) is 19.2 Å². The number of esters is 2. The fraction of sp³-hybridized carbons (Fsp3) is 0.250. The predicted molar refractivity (Wildman–Crippen MR) is 95.3 cm³/mol. The van der Waals surface area contributed by atoms with Gasteiger partial charge in [0, 0.05) is 24.5 Å². The maximum Gasteiger partial charge on any atom is 0.357 e. The van der Waals surface area contributed by atoms with Crippen LogP contribution < -0.4 is 22.5 Å². The van der Waals surface area contributed by atoms with Crippen LogP contribution in [0.15, 0.2) is 43.7 Å². The summed E-state index contributed by atoms with van der Waals surface area (Å²) in [4.78, 5) is 76.1. The van der Waals surface area contributed by atoms with Crippen LogP contribution in [-0.2, 0) is 19.1 Å². The lowest BCUT2D eigenvalue weighted by Crippen LogP contribution is -2.36. The van der Waals surface area contributed by atoms with Gasteiger partial charge in [0.2, 0.25) is 0 Å². The Bertz CT molecular complexity index is 1070. The molecule has 0 fully saturated rings. The van der Waals surface area contributed by atoms with Crippen molar-refractivity contribution in [3.63, 3.8) is 0 Å². The van der Waals surface area contributed by atoms with E-state index < -0.39 is 45.8 Å². The molecule has 2 rings (SSSR count). The Labute approximate surface area is 155 Å². The third kappa shape index (κ3) is 4.23. The van der Waals surface area contributed by atoms with Crippen LogP contribution in [0.2, 0.25) is 0 Å². The third-order valence-electron chi connectivity index (χ3n) is 3.29. The maximum absolute atomic E-state index is 12.6. The number of nitrogens with one attached hydrogen (secondary N) is 2. The molecule has 12 nitrogen and oxygen atoms in total. The van der Waals surface area contributed by atoms with Gasteiger partial charge in [-0.1, -0.05) is 0 Å². The van der Waals surface area contributed by atoms with Crippen molar-refractivity contribution in [1.82, 2.24) is 19.1 Å². The number of nitrogens with zero attached hydrogens (tertiary/aromatic N) is 2. The van der Waals surface area contributed by atoms with Crippen molar-refractivity contribution >= 4 is 23.3 Å². The zero-order valence-corrected chi connectivity index (χ0v) is 14.9. The number of carbonyl (C=O) groups is 2. The van der Waals surface area contributed by atoms with Crippen LogP contribution in [0, 0.1) is 0 Å². The normalized spacial score (nSPS) is 11.5. The van der Waals surface area contributed by atoms with Gasteiger partial charge in [0.05, 0.1) is 13.2 Å². The molecule has 0 radical (unpaired) electrons. The molecule has 2 heterocycles. The van der Waals surface area contributed by atoms with Crippen LogP contribution in [-0.4, -0.2) is 44.3 Å². The van der Waals surface area contributed by atoms with Crippen LogP contribution in [0.1, 0.15) is 13.8 Å². The fourth-order valence-corrected chi connectivity index (χ4v) is 2.20. The van der Waals surface area contributed by atoms with Crippen molar-refractivity contribution in [3.05, 3.63) is 66.2 Å². The second kappa shape index (κ2) is 8.62. The van der Waals surface area contributed by atoms with Crippen LogP contribution in [0.4, 0.5) is 0 Å². The van der Waals surface area contributed by atoms with Crippen molar-refractivity contribution in [2.45, 2.75) is 13.8 Å². The molecule has 0 aliphatic carbocycles. The molecule has 148 valence electrons. The minimum absolute atomic E-state index is 0.114. The molecule has 0 atom stereocenters. The molecule has 0 unspecified atom stereocenters. The number of carbonyl (C=O) groups excluding carboxylic acids is 2. The van der Waals surface area contributed by atoms with Gasteiger partial charge in [0.15, 0.2) is 11.4 Å². The van der Waals surface area contributed by atoms with Crippen molar-refractivity contribution in [1.29, 1.82) is 0 Å². The molecule has 0 bridgehead atoms. The summed E-state index contributed by atoms with van der Waals surface area (Å²) in [6.07, 6.45) is 1.87. The van der Waals surface area contributed by atoms with E-state index in [1.165, 1.54) is 13.8 Å². The van der Waals surface area contributed by atoms with Crippen LogP contribution in [0.5, 0.6) is 0 Å². The largest absolute Gasteiger partial charge is 0.461 e. The Morgan fingerprint density at radius 1 is 0.786 bits per heavy atom. The molecule has 0 saturated heterocycles. The zero-order valence-electron chi connectivity index (χ0n) is 14.9. The highest BCUT2D eigenvalue weighted by atomic mass is 16.5. The summed E-state index contributed by atoms with van der Waals surface area (Å²) in [6, 6.07) is 1.86. The Morgan fingerprint density at radius 2 is 1.14 bits per heavy atom. The number of H-pyrrole nitrogens is 2. The van der Waals surface area contributed by atoms with Gasteiger partial charge in [-0.05, 0) is 13.8 Å². The maximum atomic E-state index is 12.6. The number of hydrogen-bond donors (Lipinski definition) is 2. The van der Waals surface area contributed by atoms with Crippen LogP contribution >= 0.6 is 0 Å². The average Bonchev–Trinajstić information content (AvgIpc) is 2.61. The summed E-state index contributed by atoms with van der Waals surface area (Å²) in [5.74, 6) is -2.28. The molecular weight excluding hydrogens is 376 g/mol. The number of aromatic amines is 2. The summed E-state index contributed by atoms with van der Waals surface area (Å²) in [7, 11) is 0. The van der Waals surface area contributed by atoms with Crippen molar-refractivity contribution in [3.8, 4) is 0 Å². The Morgan fingerprint density at radius 3 is 1.43 bits per heavy atom. The summed E-state index contributed by atoms with van der Waals surface area (Å²) in [5.41, 5.74) is -4.98. The Kier molecular flexibility index (Phi) is 6.26. The summed E-state index contributed by atoms with van der Waals surface area (Å²) in [6.45, 7) is 2.75. The number of hydrogen-bond acceptors (Lipinski definition) is 8. The van der Waals surface area contributed by atoms with E-state index in [9.17, 15) is 28.8 Å². The smallest absolute Gasteiger partial charge is 0.357 e. The van der Waals surface area contributed by atoms with Gasteiger partial charge in [0.1, 0.15) is 0 Å². The van der Waals surface area contributed by atoms with E-state index in [1.807, 2.05) is 9.97 Å². The van der Waals surface area contributed by atoms with E-state index in [1.54, 1.807) is 0 Å². The molecule has 0 aliphatic heterocycles. The van der Waals surface area contributed by atoms with E-state index in [0.29, 0.717) is 9.13 Å². The summed E-state index contributed by atoms with van der Waals surface area (Å²) >= 11 is 0. The lowest BCUT2D eigenvalue weighted by Gasteiger charge is -2.16. The zero-order chi connectivity index (χ0) is 20.8. The van der Waals surface area contributed by atoms with E-state index >= 15 is 0 Å². The molecule has 28 heavy (non-hydrogen) atoms. The molecule has 2 N–H and O–H groups in total. The first kappa shape index (κ1) is 20.4. The second-order valence-electron chi connectivity index (χ2n) is 5.10. The first-order chi connectivity index (χ1) is 13.3. The molecule has 0 saturated carbocycles. The van der Waals surface area contributed by atoms with Crippen LogP contribution in [0.25, 0.3) is 11.4 Å². The topological polar surface area (TPSA) is 162 Å².